The molecule has 2 aromatic carbocycles. The third-order valence-electron chi connectivity index (χ3n) is 5.54. The molecule has 35 heavy (non-hydrogen) atoms. The van der Waals surface area contributed by atoms with E-state index in [9.17, 15) is 13.2 Å². The number of carbonyl (C=O) groups excluding carboxylic acids is 1. The molecule has 0 unspecified atom stereocenters. The second-order valence-electron chi connectivity index (χ2n) is 7.87. The maximum Gasteiger partial charge on any atom is 0.265 e. The van der Waals surface area contributed by atoms with Crippen LogP contribution < -0.4 is 28.6 Å². The summed E-state index contributed by atoms with van der Waals surface area (Å²) in [5.41, 5.74) is 1.03. The van der Waals surface area contributed by atoms with Crippen molar-refractivity contribution in [2.24, 2.45) is 0 Å². The fraction of sp³-hybridized carbons (Fsp3) is 0.458. The van der Waals surface area contributed by atoms with Crippen molar-refractivity contribution in [1.29, 1.82) is 0 Å². The van der Waals surface area contributed by atoms with Crippen LogP contribution in [-0.2, 0) is 19.1 Å². The van der Waals surface area contributed by atoms with E-state index < -0.39 is 28.2 Å². The number of β-lactam (4-membered cyclic amide) rings is 1. The number of benzene rings is 2. The number of amides is 1. The number of nitrogens with zero attached hydrogens (tertiary/aromatic N) is 1. The van der Waals surface area contributed by atoms with Gasteiger partial charge in [-0.05, 0) is 24.1 Å². The molecule has 192 valence electrons. The third-order valence-corrected chi connectivity index (χ3v) is 6.09. The Bertz CT molecular complexity index is 1140. The molecule has 0 saturated carbocycles. The number of anilines is 1. The van der Waals surface area contributed by atoms with Gasteiger partial charge in [0.05, 0.1) is 53.0 Å². The Labute approximate surface area is 205 Å². The number of ether oxygens (including phenoxy) is 5. The largest absolute Gasteiger partial charge is 0.493 e. The Hall–Kier alpha value is -3.18. The topological polar surface area (TPSA) is 110 Å². The van der Waals surface area contributed by atoms with Crippen LogP contribution in [0.3, 0.4) is 0 Å². The molecule has 3 rings (SSSR count). The second-order valence-corrected chi connectivity index (χ2v) is 9.47. The van der Waals surface area contributed by atoms with Gasteiger partial charge in [0.15, 0.2) is 29.1 Å². The fourth-order valence-corrected chi connectivity index (χ4v) is 4.44. The molecule has 0 aromatic heterocycles. The average molecular weight is 510 g/mol. The SMILES string of the molecule is CCCCOc1cc([C@H]2[C@@H](OS(C)(=O)=O)C(=O)N2c2cc(OC)c(OC)c(OC)c2)ccc1OC. The van der Waals surface area contributed by atoms with E-state index in [1.165, 1.54) is 33.3 Å². The average Bonchev–Trinajstić information content (AvgIpc) is 2.84. The third kappa shape index (κ3) is 5.57. The summed E-state index contributed by atoms with van der Waals surface area (Å²) in [4.78, 5) is 14.6. The maximum atomic E-state index is 13.2. The molecule has 1 heterocycles. The van der Waals surface area contributed by atoms with Crippen LogP contribution in [0, 0.1) is 0 Å². The lowest BCUT2D eigenvalue weighted by Gasteiger charge is -2.46. The summed E-state index contributed by atoms with van der Waals surface area (Å²) in [6.07, 6.45) is 1.47. The maximum absolute atomic E-state index is 13.2. The van der Waals surface area contributed by atoms with Gasteiger partial charge in [-0.2, -0.15) is 8.42 Å². The summed E-state index contributed by atoms with van der Waals surface area (Å²) >= 11 is 0. The smallest absolute Gasteiger partial charge is 0.265 e. The highest BCUT2D eigenvalue weighted by molar-refractivity contribution is 7.86. The Balaban J connectivity index is 2.10. The molecule has 1 fully saturated rings. The lowest BCUT2D eigenvalue weighted by atomic mass is 9.89. The first-order valence-electron chi connectivity index (χ1n) is 11.0. The molecule has 0 spiro atoms. The van der Waals surface area contributed by atoms with E-state index in [-0.39, 0.29) is 0 Å². The fourth-order valence-electron chi connectivity index (χ4n) is 3.88. The van der Waals surface area contributed by atoms with Gasteiger partial charge < -0.3 is 23.7 Å². The van der Waals surface area contributed by atoms with E-state index in [1.54, 1.807) is 30.3 Å². The molecule has 11 heteroatoms. The summed E-state index contributed by atoms with van der Waals surface area (Å²) in [6, 6.07) is 7.65. The first kappa shape index (κ1) is 26.4. The minimum Gasteiger partial charge on any atom is -0.493 e. The molecule has 1 saturated heterocycles. The molecule has 10 nitrogen and oxygen atoms in total. The van der Waals surface area contributed by atoms with Gasteiger partial charge in [-0.15, -0.1) is 0 Å². The van der Waals surface area contributed by atoms with E-state index in [2.05, 4.69) is 6.92 Å². The van der Waals surface area contributed by atoms with E-state index in [0.29, 0.717) is 46.6 Å². The minimum absolute atomic E-state index is 0.346. The highest BCUT2D eigenvalue weighted by Gasteiger charge is 2.52. The van der Waals surface area contributed by atoms with Crippen molar-refractivity contribution in [1.82, 2.24) is 0 Å². The molecule has 1 aliphatic heterocycles. The molecule has 0 aliphatic carbocycles. The first-order chi connectivity index (χ1) is 16.7. The number of methoxy groups -OCH3 is 4. The van der Waals surface area contributed by atoms with Crippen LogP contribution in [0.2, 0.25) is 0 Å². The summed E-state index contributed by atoms with van der Waals surface area (Å²) in [7, 11) is 2.03. The van der Waals surface area contributed by atoms with Crippen molar-refractivity contribution >= 4 is 21.7 Å². The molecule has 0 bridgehead atoms. The second kappa shape index (κ2) is 11.0. The van der Waals surface area contributed by atoms with Gasteiger partial charge in [0.2, 0.25) is 5.75 Å². The molecule has 1 aliphatic rings. The van der Waals surface area contributed by atoms with Crippen molar-refractivity contribution in [3.63, 3.8) is 0 Å². The van der Waals surface area contributed by atoms with Crippen LogP contribution in [0.5, 0.6) is 28.7 Å². The highest BCUT2D eigenvalue weighted by atomic mass is 32.2. The predicted molar refractivity (Wildman–Crippen MR) is 129 cm³/mol. The van der Waals surface area contributed by atoms with E-state index in [0.717, 1.165) is 19.1 Å². The van der Waals surface area contributed by atoms with Crippen molar-refractivity contribution in [3.05, 3.63) is 35.9 Å². The first-order valence-corrected chi connectivity index (χ1v) is 12.8. The standard InChI is InChI=1S/C24H31NO9S/c1-7-8-11-33-18-12-15(9-10-17(18)29-2)21-23(34-35(6,27)28)24(26)25(21)16-13-19(30-3)22(32-5)20(14-16)31-4/h9-10,12-14,21,23H,7-8,11H2,1-6H3/t21-,23+/m0/s1. The quantitative estimate of drug-likeness (QED) is 0.242. The Morgan fingerprint density at radius 3 is 2.03 bits per heavy atom. The zero-order valence-corrected chi connectivity index (χ0v) is 21.5. The Kier molecular flexibility index (Phi) is 8.34. The van der Waals surface area contributed by atoms with Crippen molar-refractivity contribution in [2.75, 3.05) is 46.2 Å². The summed E-state index contributed by atoms with van der Waals surface area (Å²) in [5.74, 6) is 1.54. The van der Waals surface area contributed by atoms with E-state index >= 15 is 0 Å². The molecule has 0 N–H and O–H groups in total. The summed E-state index contributed by atoms with van der Waals surface area (Å²) in [6.45, 7) is 2.54. The lowest BCUT2D eigenvalue weighted by Crippen LogP contribution is -2.60. The zero-order chi connectivity index (χ0) is 25.8. The molecule has 1 amide bonds. The van der Waals surface area contributed by atoms with Gasteiger partial charge in [0.25, 0.3) is 16.0 Å². The molecule has 2 aromatic rings. The Morgan fingerprint density at radius 2 is 1.51 bits per heavy atom. The number of unbranched alkanes of at least 4 members (excludes halogenated alkanes) is 1. The predicted octanol–water partition coefficient (Wildman–Crippen LogP) is 3.33. The molecule has 0 radical (unpaired) electrons. The normalized spacial score (nSPS) is 17.5. The van der Waals surface area contributed by atoms with Crippen LogP contribution in [0.25, 0.3) is 0 Å². The number of rotatable bonds is 12. The minimum atomic E-state index is -3.91. The van der Waals surface area contributed by atoms with Crippen LogP contribution >= 0.6 is 0 Å². The number of hydrogen-bond donors (Lipinski definition) is 0. The monoisotopic (exact) mass is 509 g/mol. The van der Waals surface area contributed by atoms with E-state index in [4.69, 9.17) is 27.9 Å². The highest BCUT2D eigenvalue weighted by Crippen LogP contribution is 2.48. The van der Waals surface area contributed by atoms with Gasteiger partial charge in [0, 0.05) is 12.1 Å². The van der Waals surface area contributed by atoms with Crippen molar-refractivity contribution in [3.8, 4) is 28.7 Å². The van der Waals surface area contributed by atoms with Crippen molar-refractivity contribution in [2.45, 2.75) is 31.9 Å². The zero-order valence-electron chi connectivity index (χ0n) is 20.7. The van der Waals surface area contributed by atoms with Gasteiger partial charge >= 0.3 is 0 Å². The van der Waals surface area contributed by atoms with Crippen LogP contribution in [-0.4, -0.2) is 61.7 Å². The molecule has 2 atom stereocenters. The number of carbonyl (C=O) groups is 1. The van der Waals surface area contributed by atoms with Gasteiger partial charge in [-0.25, -0.2) is 0 Å². The van der Waals surface area contributed by atoms with E-state index in [1.807, 2.05) is 0 Å². The van der Waals surface area contributed by atoms with Gasteiger partial charge in [-0.1, -0.05) is 19.4 Å². The Morgan fingerprint density at radius 1 is 0.886 bits per heavy atom. The van der Waals surface area contributed by atoms with Crippen LogP contribution in [0.1, 0.15) is 31.4 Å². The van der Waals surface area contributed by atoms with Crippen molar-refractivity contribution < 1.29 is 41.1 Å². The van der Waals surface area contributed by atoms with Crippen LogP contribution in [0.4, 0.5) is 5.69 Å². The lowest BCUT2D eigenvalue weighted by molar-refractivity contribution is -0.134. The molecular formula is C24H31NO9S. The molecular weight excluding hydrogens is 478 g/mol. The van der Waals surface area contributed by atoms with Gasteiger partial charge in [-0.3, -0.25) is 13.9 Å². The number of hydrogen-bond acceptors (Lipinski definition) is 9. The van der Waals surface area contributed by atoms with Gasteiger partial charge in [0.1, 0.15) is 0 Å². The summed E-state index contributed by atoms with van der Waals surface area (Å²) in [5, 5.41) is 0. The summed E-state index contributed by atoms with van der Waals surface area (Å²) < 4.78 is 56.6. The van der Waals surface area contributed by atoms with Crippen LogP contribution in [0.15, 0.2) is 30.3 Å².